The predicted molar refractivity (Wildman–Crippen MR) is 75.6 cm³/mol. The average molecular weight is 251 g/mol. The summed E-state index contributed by atoms with van der Waals surface area (Å²) in [5.74, 6) is 2.26. The second-order valence-electron chi connectivity index (χ2n) is 4.77. The first-order valence-corrected chi connectivity index (χ1v) is 6.59. The van der Waals surface area contributed by atoms with Crippen LogP contribution in [0, 0.1) is 0 Å². The van der Waals surface area contributed by atoms with Crippen LogP contribution < -0.4 is 15.2 Å². The lowest BCUT2D eigenvalue weighted by Crippen LogP contribution is -2.04. The van der Waals surface area contributed by atoms with Gasteiger partial charge in [-0.3, -0.25) is 0 Å². The summed E-state index contributed by atoms with van der Waals surface area (Å²) in [5, 5.41) is 0. The van der Waals surface area contributed by atoms with Crippen molar-refractivity contribution in [2.45, 2.75) is 39.0 Å². The quantitative estimate of drug-likeness (QED) is 0.757. The Morgan fingerprint density at radius 2 is 1.83 bits per heavy atom. The summed E-state index contributed by atoms with van der Waals surface area (Å²) in [6, 6.07) is 4.13. The van der Waals surface area contributed by atoms with E-state index in [-0.39, 0.29) is 0 Å². The molecular formula is C15H25NO2. The van der Waals surface area contributed by atoms with E-state index in [4.69, 9.17) is 15.2 Å². The van der Waals surface area contributed by atoms with E-state index in [2.05, 4.69) is 19.9 Å². The molecular weight excluding hydrogens is 226 g/mol. The number of nitrogens with two attached hydrogens (primary N) is 1. The molecule has 0 amide bonds. The van der Waals surface area contributed by atoms with Gasteiger partial charge in [0.05, 0.1) is 14.2 Å². The maximum absolute atomic E-state index is 5.60. The van der Waals surface area contributed by atoms with Crippen molar-refractivity contribution in [3.63, 3.8) is 0 Å². The van der Waals surface area contributed by atoms with Gasteiger partial charge in [-0.25, -0.2) is 0 Å². The number of aryl methyl sites for hydroxylation is 1. The number of unbranched alkanes of at least 4 members (excludes halogenated alkanes) is 1. The number of hydrogen-bond donors (Lipinski definition) is 1. The molecule has 1 aromatic carbocycles. The van der Waals surface area contributed by atoms with E-state index in [1.54, 1.807) is 14.2 Å². The van der Waals surface area contributed by atoms with E-state index >= 15 is 0 Å². The molecule has 0 aliphatic heterocycles. The molecule has 0 spiro atoms. The van der Waals surface area contributed by atoms with Crippen LogP contribution in [-0.4, -0.2) is 20.8 Å². The van der Waals surface area contributed by atoms with Crippen molar-refractivity contribution in [3.05, 3.63) is 23.3 Å². The number of methoxy groups -OCH3 is 2. The van der Waals surface area contributed by atoms with Crippen molar-refractivity contribution >= 4 is 0 Å². The Balaban J connectivity index is 3.08. The Morgan fingerprint density at radius 1 is 1.11 bits per heavy atom. The first kappa shape index (κ1) is 14.8. The van der Waals surface area contributed by atoms with Gasteiger partial charge in [0.2, 0.25) is 0 Å². The van der Waals surface area contributed by atoms with Crippen molar-refractivity contribution in [2.75, 3.05) is 20.8 Å². The SMILES string of the molecule is COc1ccc(CCCCN)c(OC)c1C(C)C. The predicted octanol–water partition coefficient (Wildman–Crippen LogP) is 3.11. The van der Waals surface area contributed by atoms with E-state index in [0.29, 0.717) is 5.92 Å². The van der Waals surface area contributed by atoms with Crippen LogP contribution >= 0.6 is 0 Å². The third-order valence-corrected chi connectivity index (χ3v) is 3.14. The van der Waals surface area contributed by atoms with Crippen molar-refractivity contribution in [3.8, 4) is 11.5 Å². The van der Waals surface area contributed by atoms with Gasteiger partial charge >= 0.3 is 0 Å². The number of rotatable bonds is 7. The van der Waals surface area contributed by atoms with Crippen LogP contribution in [0.1, 0.15) is 43.7 Å². The highest BCUT2D eigenvalue weighted by Gasteiger charge is 2.17. The van der Waals surface area contributed by atoms with Crippen molar-refractivity contribution in [1.29, 1.82) is 0 Å². The lowest BCUT2D eigenvalue weighted by atomic mass is 9.95. The van der Waals surface area contributed by atoms with Crippen LogP contribution in [0.5, 0.6) is 11.5 Å². The zero-order valence-corrected chi connectivity index (χ0v) is 12.0. The lowest BCUT2D eigenvalue weighted by molar-refractivity contribution is 0.378. The highest BCUT2D eigenvalue weighted by molar-refractivity contribution is 5.51. The summed E-state index contributed by atoms with van der Waals surface area (Å²) < 4.78 is 11.0. The van der Waals surface area contributed by atoms with Crippen molar-refractivity contribution in [2.24, 2.45) is 5.73 Å². The van der Waals surface area contributed by atoms with Crippen LogP contribution in [0.4, 0.5) is 0 Å². The molecule has 0 heterocycles. The molecule has 3 nitrogen and oxygen atoms in total. The van der Waals surface area contributed by atoms with E-state index in [0.717, 1.165) is 42.9 Å². The van der Waals surface area contributed by atoms with Crippen molar-refractivity contribution in [1.82, 2.24) is 0 Å². The largest absolute Gasteiger partial charge is 0.496 e. The Bertz CT molecular complexity index is 375. The molecule has 0 saturated carbocycles. The van der Waals surface area contributed by atoms with Gasteiger partial charge in [-0.2, -0.15) is 0 Å². The van der Waals surface area contributed by atoms with Crippen molar-refractivity contribution < 1.29 is 9.47 Å². The minimum absolute atomic E-state index is 0.379. The van der Waals surface area contributed by atoms with E-state index in [1.165, 1.54) is 5.56 Å². The standard InChI is InChI=1S/C15H25NO2/c1-11(2)14-13(17-3)9-8-12(15(14)18-4)7-5-6-10-16/h8-9,11H,5-7,10,16H2,1-4H3. The smallest absolute Gasteiger partial charge is 0.129 e. The Morgan fingerprint density at radius 3 is 2.33 bits per heavy atom. The molecule has 0 aliphatic carbocycles. The molecule has 0 bridgehead atoms. The van der Waals surface area contributed by atoms with Gasteiger partial charge in [0, 0.05) is 5.56 Å². The zero-order chi connectivity index (χ0) is 13.5. The van der Waals surface area contributed by atoms with E-state index in [1.807, 2.05) is 6.07 Å². The fourth-order valence-corrected chi connectivity index (χ4v) is 2.25. The molecule has 0 aromatic heterocycles. The van der Waals surface area contributed by atoms with Crippen LogP contribution in [-0.2, 0) is 6.42 Å². The Kier molecular flexibility index (Phi) is 5.99. The highest BCUT2D eigenvalue weighted by atomic mass is 16.5. The number of ether oxygens (including phenoxy) is 2. The highest BCUT2D eigenvalue weighted by Crippen LogP contribution is 2.38. The van der Waals surface area contributed by atoms with Gasteiger partial charge in [-0.1, -0.05) is 19.9 Å². The third kappa shape index (κ3) is 3.39. The molecule has 1 aromatic rings. The Labute approximate surface area is 110 Å². The second-order valence-corrected chi connectivity index (χ2v) is 4.77. The van der Waals surface area contributed by atoms with Gasteiger partial charge in [0.25, 0.3) is 0 Å². The molecule has 0 atom stereocenters. The molecule has 0 aliphatic rings. The summed E-state index contributed by atoms with van der Waals surface area (Å²) >= 11 is 0. The summed E-state index contributed by atoms with van der Waals surface area (Å²) in [4.78, 5) is 0. The summed E-state index contributed by atoms with van der Waals surface area (Å²) in [6.07, 6.45) is 3.15. The first-order valence-electron chi connectivity index (χ1n) is 6.59. The average Bonchev–Trinajstić information content (AvgIpc) is 2.37. The first-order chi connectivity index (χ1) is 8.65. The van der Waals surface area contributed by atoms with Crippen LogP contribution in [0.2, 0.25) is 0 Å². The molecule has 0 radical (unpaired) electrons. The molecule has 0 saturated heterocycles. The lowest BCUT2D eigenvalue weighted by Gasteiger charge is -2.19. The van der Waals surface area contributed by atoms with Gasteiger partial charge in [0.1, 0.15) is 11.5 Å². The fourth-order valence-electron chi connectivity index (χ4n) is 2.25. The van der Waals surface area contributed by atoms with Gasteiger partial charge in [0.15, 0.2) is 0 Å². The van der Waals surface area contributed by atoms with Crippen LogP contribution in [0.15, 0.2) is 12.1 Å². The molecule has 102 valence electrons. The molecule has 2 N–H and O–H groups in total. The minimum atomic E-state index is 0.379. The van der Waals surface area contributed by atoms with Gasteiger partial charge < -0.3 is 15.2 Å². The van der Waals surface area contributed by atoms with Gasteiger partial charge in [-0.15, -0.1) is 0 Å². The maximum Gasteiger partial charge on any atom is 0.129 e. The molecule has 18 heavy (non-hydrogen) atoms. The van der Waals surface area contributed by atoms with E-state index < -0.39 is 0 Å². The maximum atomic E-state index is 5.60. The molecule has 0 unspecified atom stereocenters. The zero-order valence-electron chi connectivity index (χ0n) is 12.0. The van der Waals surface area contributed by atoms with Crippen LogP contribution in [0.25, 0.3) is 0 Å². The van der Waals surface area contributed by atoms with Crippen LogP contribution in [0.3, 0.4) is 0 Å². The monoisotopic (exact) mass is 251 g/mol. The second kappa shape index (κ2) is 7.27. The van der Waals surface area contributed by atoms with Gasteiger partial charge in [-0.05, 0) is 43.4 Å². The number of hydrogen-bond acceptors (Lipinski definition) is 3. The third-order valence-electron chi connectivity index (χ3n) is 3.14. The molecule has 3 heteroatoms. The topological polar surface area (TPSA) is 44.5 Å². The Hall–Kier alpha value is -1.22. The summed E-state index contributed by atoms with van der Waals surface area (Å²) in [6.45, 7) is 5.06. The summed E-state index contributed by atoms with van der Waals surface area (Å²) in [7, 11) is 3.43. The molecule has 0 fully saturated rings. The number of benzene rings is 1. The minimum Gasteiger partial charge on any atom is -0.496 e. The van der Waals surface area contributed by atoms with E-state index in [9.17, 15) is 0 Å². The molecule has 1 rings (SSSR count). The fraction of sp³-hybridized carbons (Fsp3) is 0.600. The summed E-state index contributed by atoms with van der Waals surface area (Å²) in [5.41, 5.74) is 7.94. The normalized spacial score (nSPS) is 10.8.